The molecule has 0 aromatic heterocycles. The minimum Gasteiger partial charge on any atom is -0.353 e. The Kier molecular flexibility index (Phi) is 6.87. The fourth-order valence-corrected chi connectivity index (χ4v) is 4.82. The summed E-state index contributed by atoms with van der Waals surface area (Å²) < 4.78 is 39.5. The Morgan fingerprint density at radius 3 is 2.51 bits per heavy atom. The number of rotatable bonds is 5. The number of nitrogens with zero attached hydrogens (tertiary/aromatic N) is 1. The molecular weight excluding hydrogens is 459 g/mol. The summed E-state index contributed by atoms with van der Waals surface area (Å²) >= 11 is 0. The van der Waals surface area contributed by atoms with Crippen LogP contribution in [0, 0.1) is 5.92 Å². The predicted molar refractivity (Wildman–Crippen MR) is 126 cm³/mol. The number of benzene rings is 2. The van der Waals surface area contributed by atoms with Crippen molar-refractivity contribution in [1.82, 2.24) is 10.2 Å². The van der Waals surface area contributed by atoms with E-state index >= 15 is 0 Å². The number of carbonyl (C=O) groups excluding carboxylic acids is 3. The van der Waals surface area contributed by atoms with Gasteiger partial charge in [0.15, 0.2) is 0 Å². The van der Waals surface area contributed by atoms with Crippen LogP contribution in [0.2, 0.25) is 0 Å². The molecule has 9 heteroatoms. The van der Waals surface area contributed by atoms with E-state index in [2.05, 4.69) is 10.6 Å². The quantitative estimate of drug-likeness (QED) is 0.633. The van der Waals surface area contributed by atoms with Crippen LogP contribution in [0.1, 0.15) is 55.5 Å². The smallest absolute Gasteiger partial charge is 0.353 e. The third kappa shape index (κ3) is 5.04. The van der Waals surface area contributed by atoms with Crippen molar-refractivity contribution in [2.75, 3.05) is 11.9 Å². The second-order valence-corrected chi connectivity index (χ2v) is 9.09. The molecule has 2 aliphatic heterocycles. The Morgan fingerprint density at radius 1 is 1.11 bits per heavy atom. The number of anilines is 1. The average Bonchev–Trinajstić information content (AvgIpc) is 2.93. The molecule has 2 aliphatic rings. The van der Waals surface area contributed by atoms with Gasteiger partial charge in [0.2, 0.25) is 11.8 Å². The van der Waals surface area contributed by atoms with Gasteiger partial charge in [-0.2, -0.15) is 13.2 Å². The molecule has 186 valence electrons. The molecular formula is C26H28F3N3O3. The van der Waals surface area contributed by atoms with E-state index in [-0.39, 0.29) is 41.8 Å². The lowest BCUT2D eigenvalue weighted by Gasteiger charge is -2.37. The Hall–Kier alpha value is -3.36. The first-order valence-electron chi connectivity index (χ1n) is 11.9. The molecule has 35 heavy (non-hydrogen) atoms. The molecule has 0 bridgehead atoms. The van der Waals surface area contributed by atoms with Crippen LogP contribution in [0.15, 0.2) is 42.5 Å². The summed E-state index contributed by atoms with van der Waals surface area (Å²) in [5.41, 5.74) is 0.550. The first kappa shape index (κ1) is 24.8. The van der Waals surface area contributed by atoms with E-state index < -0.39 is 17.8 Å². The second kappa shape index (κ2) is 9.71. The number of fused-ring (bicyclic) bond motifs is 2. The topological polar surface area (TPSA) is 78.5 Å². The molecule has 0 radical (unpaired) electrons. The van der Waals surface area contributed by atoms with Crippen LogP contribution in [0.4, 0.5) is 18.9 Å². The van der Waals surface area contributed by atoms with Crippen molar-refractivity contribution in [1.29, 1.82) is 0 Å². The molecule has 0 aliphatic carbocycles. The van der Waals surface area contributed by atoms with Gasteiger partial charge in [0, 0.05) is 18.5 Å². The van der Waals surface area contributed by atoms with E-state index in [0.29, 0.717) is 29.7 Å². The van der Waals surface area contributed by atoms with Gasteiger partial charge >= 0.3 is 6.18 Å². The summed E-state index contributed by atoms with van der Waals surface area (Å²) in [7, 11) is 0. The zero-order chi connectivity index (χ0) is 25.3. The highest BCUT2D eigenvalue weighted by atomic mass is 19.4. The number of alkyl halides is 3. The highest BCUT2D eigenvalue weighted by Crippen LogP contribution is 2.35. The van der Waals surface area contributed by atoms with E-state index in [1.165, 1.54) is 17.0 Å². The molecule has 2 atom stereocenters. The van der Waals surface area contributed by atoms with Gasteiger partial charge in [-0.1, -0.05) is 32.0 Å². The summed E-state index contributed by atoms with van der Waals surface area (Å²) in [4.78, 5) is 40.4. The van der Waals surface area contributed by atoms with Crippen molar-refractivity contribution >= 4 is 23.4 Å². The molecule has 4 rings (SSSR count). The van der Waals surface area contributed by atoms with Gasteiger partial charge in [0.25, 0.3) is 5.91 Å². The fraction of sp³-hybridized carbons (Fsp3) is 0.423. The van der Waals surface area contributed by atoms with E-state index in [9.17, 15) is 27.6 Å². The molecule has 0 spiro atoms. The highest BCUT2D eigenvalue weighted by molar-refractivity contribution is 6.10. The number of amides is 3. The maximum Gasteiger partial charge on any atom is 0.416 e. The van der Waals surface area contributed by atoms with Crippen molar-refractivity contribution in [2.24, 2.45) is 5.92 Å². The number of piperidine rings is 1. The van der Waals surface area contributed by atoms with Gasteiger partial charge < -0.3 is 15.5 Å². The van der Waals surface area contributed by atoms with Crippen LogP contribution in [0.5, 0.6) is 0 Å². The van der Waals surface area contributed by atoms with Crippen LogP contribution < -0.4 is 10.6 Å². The van der Waals surface area contributed by atoms with Crippen molar-refractivity contribution < 1.29 is 27.6 Å². The monoisotopic (exact) mass is 487 g/mol. The first-order chi connectivity index (χ1) is 16.6. The van der Waals surface area contributed by atoms with Crippen molar-refractivity contribution in [2.45, 2.75) is 57.8 Å². The summed E-state index contributed by atoms with van der Waals surface area (Å²) in [6.07, 6.45) is -2.20. The molecule has 2 aromatic carbocycles. The molecule has 0 saturated carbocycles. The molecule has 2 heterocycles. The molecule has 1 fully saturated rings. The average molecular weight is 488 g/mol. The maximum absolute atomic E-state index is 13.4. The van der Waals surface area contributed by atoms with Gasteiger partial charge in [-0.3, -0.25) is 14.4 Å². The number of hydrogen-bond acceptors (Lipinski definition) is 3. The molecule has 2 N–H and O–H groups in total. The molecule has 6 nitrogen and oxygen atoms in total. The van der Waals surface area contributed by atoms with Gasteiger partial charge in [0.05, 0.1) is 16.8 Å². The van der Waals surface area contributed by atoms with Crippen molar-refractivity contribution in [3.8, 4) is 11.1 Å². The summed E-state index contributed by atoms with van der Waals surface area (Å²) in [5, 5.41) is 5.82. The van der Waals surface area contributed by atoms with E-state index in [1.807, 2.05) is 13.8 Å². The van der Waals surface area contributed by atoms with Crippen LogP contribution in [0.25, 0.3) is 11.1 Å². The molecule has 3 amide bonds. The molecule has 2 unspecified atom stereocenters. The van der Waals surface area contributed by atoms with Gasteiger partial charge in [-0.25, -0.2) is 0 Å². The van der Waals surface area contributed by atoms with Crippen LogP contribution in [0.3, 0.4) is 0 Å². The molecule has 2 aromatic rings. The lowest BCUT2D eigenvalue weighted by atomic mass is 9.94. The molecule has 1 saturated heterocycles. The Balaban J connectivity index is 1.58. The SMILES string of the molecule is CCC(CC)C(=O)NC1CCN2C(=O)c3cc(-c4cccc(C(F)(F)F)c4)ccc3NC(=O)C2C1. The number of carbonyl (C=O) groups is 3. The third-order valence-electron chi connectivity index (χ3n) is 6.90. The van der Waals surface area contributed by atoms with Crippen LogP contribution >= 0.6 is 0 Å². The normalized spacial score (nSPS) is 20.1. The second-order valence-electron chi connectivity index (χ2n) is 9.09. The van der Waals surface area contributed by atoms with E-state index in [0.717, 1.165) is 25.0 Å². The predicted octanol–water partition coefficient (Wildman–Crippen LogP) is 4.85. The Labute approximate surface area is 201 Å². The number of nitrogens with one attached hydrogen (secondary N) is 2. The standard InChI is InChI=1S/C26H28F3N3O3/c1-3-15(4-2)23(33)30-19-10-11-32-22(14-19)24(34)31-21-9-8-17(13-20(21)25(32)35)16-6-5-7-18(12-16)26(27,28)29/h5-9,12-13,15,19,22H,3-4,10-11,14H2,1-2H3,(H,30,33)(H,31,34). The largest absolute Gasteiger partial charge is 0.416 e. The fourth-order valence-electron chi connectivity index (χ4n) is 4.82. The summed E-state index contributed by atoms with van der Waals surface area (Å²) in [5.74, 6) is -0.827. The van der Waals surface area contributed by atoms with Crippen LogP contribution in [-0.2, 0) is 15.8 Å². The number of hydrogen-bond donors (Lipinski definition) is 2. The maximum atomic E-state index is 13.4. The van der Waals surface area contributed by atoms with E-state index in [4.69, 9.17) is 0 Å². The zero-order valence-electron chi connectivity index (χ0n) is 19.6. The highest BCUT2D eigenvalue weighted by Gasteiger charge is 2.40. The lowest BCUT2D eigenvalue weighted by Crippen LogP contribution is -2.55. The van der Waals surface area contributed by atoms with Gasteiger partial charge in [-0.05, 0) is 61.1 Å². The zero-order valence-corrected chi connectivity index (χ0v) is 19.6. The van der Waals surface area contributed by atoms with Crippen LogP contribution in [-0.4, -0.2) is 41.2 Å². The van der Waals surface area contributed by atoms with E-state index in [1.54, 1.807) is 18.2 Å². The third-order valence-corrected chi connectivity index (χ3v) is 6.90. The summed E-state index contributed by atoms with van der Waals surface area (Å²) in [6, 6.07) is 8.61. The van der Waals surface area contributed by atoms with Crippen molar-refractivity contribution in [3.63, 3.8) is 0 Å². The minimum absolute atomic E-state index is 0.0391. The minimum atomic E-state index is -4.48. The van der Waals surface area contributed by atoms with Gasteiger partial charge in [0.1, 0.15) is 6.04 Å². The lowest BCUT2D eigenvalue weighted by molar-refractivity contribution is -0.137. The first-order valence-corrected chi connectivity index (χ1v) is 11.9. The Morgan fingerprint density at radius 2 is 1.83 bits per heavy atom. The summed E-state index contributed by atoms with van der Waals surface area (Å²) in [6.45, 7) is 4.20. The number of halogens is 3. The van der Waals surface area contributed by atoms with Gasteiger partial charge in [-0.15, -0.1) is 0 Å². The Bertz CT molecular complexity index is 1140. The van der Waals surface area contributed by atoms with Crippen molar-refractivity contribution in [3.05, 3.63) is 53.6 Å².